The summed E-state index contributed by atoms with van der Waals surface area (Å²) in [6, 6.07) is -0.336. The minimum absolute atomic E-state index is 0.00414. The summed E-state index contributed by atoms with van der Waals surface area (Å²) in [7, 11) is -3.01. The molecule has 21 heavy (non-hydrogen) atoms. The molecule has 0 bridgehead atoms. The van der Waals surface area contributed by atoms with Crippen molar-refractivity contribution in [3.63, 3.8) is 0 Å². The Kier molecular flexibility index (Phi) is 4.18. The van der Waals surface area contributed by atoms with Crippen molar-refractivity contribution < 1.29 is 13.2 Å². The highest BCUT2D eigenvalue weighted by atomic mass is 32.2. The van der Waals surface area contributed by atoms with Crippen LogP contribution < -0.4 is 10.6 Å². The average Bonchev–Trinajstić information content (AvgIpc) is 2.67. The number of amides is 1. The van der Waals surface area contributed by atoms with E-state index in [1.807, 2.05) is 20.8 Å². The smallest absolute Gasteiger partial charge is 0.271 e. The highest BCUT2D eigenvalue weighted by Gasteiger charge is 2.29. The minimum atomic E-state index is -3.01. The van der Waals surface area contributed by atoms with Crippen LogP contribution in [0.3, 0.4) is 0 Å². The molecule has 1 aliphatic heterocycles. The van der Waals surface area contributed by atoms with E-state index >= 15 is 0 Å². The highest BCUT2D eigenvalue weighted by Crippen LogP contribution is 2.13. The number of aromatic nitrogens is 2. The van der Waals surface area contributed by atoms with Crippen LogP contribution in [0.4, 0.5) is 5.82 Å². The Morgan fingerprint density at radius 2 is 2.00 bits per heavy atom. The van der Waals surface area contributed by atoms with Gasteiger partial charge in [-0.2, -0.15) is 0 Å². The summed E-state index contributed by atoms with van der Waals surface area (Å²) in [5.41, 5.74) is 0.0372. The Hall–Kier alpha value is -1.70. The van der Waals surface area contributed by atoms with Gasteiger partial charge in [0.1, 0.15) is 11.5 Å². The Morgan fingerprint density at radius 1 is 1.29 bits per heavy atom. The third kappa shape index (κ3) is 4.66. The van der Waals surface area contributed by atoms with Gasteiger partial charge >= 0.3 is 0 Å². The number of sulfone groups is 1. The standard InChI is InChI=1S/C13H20N4O3S/c1-13(2,3)17-11-7-14-10(6-15-11)12(18)16-9-4-5-21(19,20)8-9/h6-7,9H,4-5,8H2,1-3H3,(H,15,17)(H,16,18). The van der Waals surface area contributed by atoms with E-state index < -0.39 is 15.7 Å². The molecule has 0 spiro atoms. The minimum Gasteiger partial charge on any atom is -0.364 e. The fourth-order valence-corrected chi connectivity index (χ4v) is 3.74. The predicted octanol–water partition coefficient (Wildman–Crippen LogP) is 0.604. The van der Waals surface area contributed by atoms with E-state index in [9.17, 15) is 13.2 Å². The summed E-state index contributed by atoms with van der Waals surface area (Å²) in [4.78, 5) is 20.2. The Bertz CT molecular complexity index is 620. The molecule has 1 saturated heterocycles. The second-order valence-corrected chi connectivity index (χ2v) is 8.46. The van der Waals surface area contributed by atoms with Gasteiger partial charge in [-0.05, 0) is 27.2 Å². The van der Waals surface area contributed by atoms with Crippen molar-refractivity contribution in [2.24, 2.45) is 0 Å². The molecule has 1 amide bonds. The highest BCUT2D eigenvalue weighted by molar-refractivity contribution is 7.91. The lowest BCUT2D eigenvalue weighted by Gasteiger charge is -2.20. The lowest BCUT2D eigenvalue weighted by atomic mass is 10.1. The number of anilines is 1. The molecule has 0 radical (unpaired) electrons. The van der Waals surface area contributed by atoms with Crippen LogP contribution in [0.5, 0.6) is 0 Å². The van der Waals surface area contributed by atoms with Crippen LogP contribution in [0, 0.1) is 0 Å². The summed E-state index contributed by atoms with van der Waals surface area (Å²) in [5, 5.41) is 5.82. The van der Waals surface area contributed by atoms with Crippen molar-refractivity contribution in [2.75, 3.05) is 16.8 Å². The Morgan fingerprint density at radius 3 is 2.48 bits per heavy atom. The molecule has 2 rings (SSSR count). The molecule has 8 heteroatoms. The van der Waals surface area contributed by atoms with Gasteiger partial charge in [0, 0.05) is 11.6 Å². The maximum atomic E-state index is 12.0. The van der Waals surface area contributed by atoms with Gasteiger partial charge in [0.15, 0.2) is 9.84 Å². The molecular formula is C13H20N4O3S. The number of hydrogen-bond acceptors (Lipinski definition) is 6. The first-order valence-corrected chi connectivity index (χ1v) is 8.58. The zero-order chi connectivity index (χ0) is 15.7. The van der Waals surface area contributed by atoms with Crippen molar-refractivity contribution in [1.29, 1.82) is 0 Å². The first-order chi connectivity index (χ1) is 9.65. The number of carbonyl (C=O) groups is 1. The van der Waals surface area contributed by atoms with Crippen LogP contribution in [0.15, 0.2) is 12.4 Å². The lowest BCUT2D eigenvalue weighted by molar-refractivity contribution is 0.0935. The van der Waals surface area contributed by atoms with Gasteiger partial charge in [-0.15, -0.1) is 0 Å². The topological polar surface area (TPSA) is 101 Å². The second kappa shape index (κ2) is 5.59. The van der Waals surface area contributed by atoms with Crippen molar-refractivity contribution in [3.05, 3.63) is 18.1 Å². The van der Waals surface area contributed by atoms with Gasteiger partial charge in [0.05, 0.1) is 23.9 Å². The molecule has 1 unspecified atom stereocenters. The molecular weight excluding hydrogens is 292 g/mol. The van der Waals surface area contributed by atoms with Crippen LogP contribution in [-0.2, 0) is 9.84 Å². The molecule has 0 aliphatic carbocycles. The number of carbonyl (C=O) groups excluding carboxylic acids is 1. The van der Waals surface area contributed by atoms with E-state index in [0.29, 0.717) is 12.2 Å². The van der Waals surface area contributed by atoms with Gasteiger partial charge in [-0.1, -0.05) is 0 Å². The zero-order valence-corrected chi connectivity index (χ0v) is 13.2. The third-order valence-electron chi connectivity index (χ3n) is 2.96. The fourth-order valence-electron chi connectivity index (χ4n) is 2.06. The van der Waals surface area contributed by atoms with Crippen LogP contribution in [-0.4, -0.2) is 47.4 Å². The molecule has 2 N–H and O–H groups in total. The third-order valence-corrected chi connectivity index (χ3v) is 4.72. The summed E-state index contributed by atoms with van der Waals surface area (Å²) in [6.07, 6.45) is 3.32. The summed E-state index contributed by atoms with van der Waals surface area (Å²) in [5.74, 6) is 0.308. The molecule has 1 aliphatic rings. The molecule has 116 valence electrons. The summed E-state index contributed by atoms with van der Waals surface area (Å²) >= 11 is 0. The largest absolute Gasteiger partial charge is 0.364 e. The SMILES string of the molecule is CC(C)(C)Nc1cnc(C(=O)NC2CCS(=O)(=O)C2)cn1. The number of hydrogen-bond donors (Lipinski definition) is 2. The number of nitrogens with zero attached hydrogens (tertiary/aromatic N) is 2. The normalized spacial score (nSPS) is 21.0. The van der Waals surface area contributed by atoms with Crippen molar-refractivity contribution in [1.82, 2.24) is 15.3 Å². The van der Waals surface area contributed by atoms with E-state index in [0.717, 1.165) is 0 Å². The van der Waals surface area contributed by atoms with Gasteiger partial charge in [-0.3, -0.25) is 4.79 Å². The first kappa shape index (κ1) is 15.7. The zero-order valence-electron chi connectivity index (χ0n) is 12.4. The average molecular weight is 312 g/mol. The van der Waals surface area contributed by atoms with E-state index in [-0.39, 0.29) is 28.8 Å². The molecule has 0 saturated carbocycles. The monoisotopic (exact) mass is 312 g/mol. The van der Waals surface area contributed by atoms with Gasteiger partial charge in [-0.25, -0.2) is 18.4 Å². The van der Waals surface area contributed by atoms with Crippen LogP contribution >= 0.6 is 0 Å². The summed E-state index contributed by atoms with van der Waals surface area (Å²) in [6.45, 7) is 5.99. The Balaban J connectivity index is 1.97. The van der Waals surface area contributed by atoms with E-state index in [1.54, 1.807) is 0 Å². The quantitative estimate of drug-likeness (QED) is 0.848. The van der Waals surface area contributed by atoms with Crippen LogP contribution in [0.25, 0.3) is 0 Å². The molecule has 1 atom stereocenters. The predicted molar refractivity (Wildman–Crippen MR) is 79.9 cm³/mol. The maximum absolute atomic E-state index is 12.0. The van der Waals surface area contributed by atoms with E-state index in [1.165, 1.54) is 12.4 Å². The maximum Gasteiger partial charge on any atom is 0.271 e. The molecule has 0 aromatic carbocycles. The van der Waals surface area contributed by atoms with Crippen LogP contribution in [0.2, 0.25) is 0 Å². The van der Waals surface area contributed by atoms with Crippen molar-refractivity contribution in [3.8, 4) is 0 Å². The molecule has 2 heterocycles. The fraction of sp³-hybridized carbons (Fsp3) is 0.615. The van der Waals surface area contributed by atoms with E-state index in [2.05, 4.69) is 20.6 Å². The van der Waals surface area contributed by atoms with Gasteiger partial charge < -0.3 is 10.6 Å². The molecule has 1 aromatic heterocycles. The van der Waals surface area contributed by atoms with Crippen LogP contribution in [0.1, 0.15) is 37.7 Å². The lowest BCUT2D eigenvalue weighted by Crippen LogP contribution is -2.36. The summed E-state index contributed by atoms with van der Waals surface area (Å²) < 4.78 is 22.7. The van der Waals surface area contributed by atoms with Crippen molar-refractivity contribution >= 4 is 21.6 Å². The molecule has 1 aromatic rings. The van der Waals surface area contributed by atoms with Gasteiger partial charge in [0.25, 0.3) is 5.91 Å². The van der Waals surface area contributed by atoms with Crippen molar-refractivity contribution in [2.45, 2.75) is 38.8 Å². The van der Waals surface area contributed by atoms with E-state index in [4.69, 9.17) is 0 Å². The second-order valence-electron chi connectivity index (χ2n) is 6.24. The molecule has 1 fully saturated rings. The molecule has 7 nitrogen and oxygen atoms in total. The number of nitrogens with one attached hydrogen (secondary N) is 2. The first-order valence-electron chi connectivity index (χ1n) is 6.76. The van der Waals surface area contributed by atoms with Gasteiger partial charge in [0.2, 0.25) is 0 Å². The Labute approximate surface area is 124 Å². The number of rotatable bonds is 3.